The quantitative estimate of drug-likeness (QED) is 0.222. The SMILES string of the molecule is CCCCCCCCC=CCCCCCCCC(=O)N(C)CC(=O)O.[NaH]. The van der Waals surface area contributed by atoms with Gasteiger partial charge in [-0.15, -0.1) is 0 Å². The fraction of sp³-hybridized carbons (Fsp3) is 0.810. The van der Waals surface area contributed by atoms with Gasteiger partial charge in [0.25, 0.3) is 0 Å². The van der Waals surface area contributed by atoms with Crippen molar-refractivity contribution in [1.82, 2.24) is 4.90 Å². The van der Waals surface area contributed by atoms with Crippen LogP contribution in [0.15, 0.2) is 12.2 Å². The normalized spacial score (nSPS) is 10.7. The molecule has 0 fully saturated rings. The Hall–Kier alpha value is -0.320. The van der Waals surface area contributed by atoms with Gasteiger partial charge in [-0.3, -0.25) is 9.59 Å². The number of carboxylic acids is 1. The second-order valence-electron chi connectivity index (χ2n) is 6.98. The molecule has 5 heteroatoms. The van der Waals surface area contributed by atoms with Crippen LogP contribution in [0.5, 0.6) is 0 Å². The zero-order valence-corrected chi connectivity index (χ0v) is 16.5. The van der Waals surface area contributed by atoms with Crippen LogP contribution in [-0.4, -0.2) is 65.0 Å². The second-order valence-corrected chi connectivity index (χ2v) is 6.98. The predicted octanol–water partition coefficient (Wildman–Crippen LogP) is 4.92. The van der Waals surface area contributed by atoms with Gasteiger partial charge in [0, 0.05) is 13.5 Å². The molecule has 0 saturated heterocycles. The van der Waals surface area contributed by atoms with Crippen molar-refractivity contribution in [3.05, 3.63) is 12.2 Å². The molecule has 0 unspecified atom stereocenters. The monoisotopic (exact) mass is 377 g/mol. The first-order valence-electron chi connectivity index (χ1n) is 10.2. The first-order chi connectivity index (χ1) is 12.1. The number of allylic oxidation sites excluding steroid dienone is 2. The molecular formula is C21H40NNaO3. The van der Waals surface area contributed by atoms with E-state index in [-0.39, 0.29) is 42.0 Å². The van der Waals surface area contributed by atoms with E-state index in [2.05, 4.69) is 19.1 Å². The maximum absolute atomic E-state index is 11.7. The molecule has 1 N–H and O–H groups in total. The minimum absolute atomic E-state index is 0. The van der Waals surface area contributed by atoms with Gasteiger partial charge in [-0.25, -0.2) is 0 Å². The summed E-state index contributed by atoms with van der Waals surface area (Å²) in [6, 6.07) is 0. The van der Waals surface area contributed by atoms with E-state index in [4.69, 9.17) is 5.11 Å². The van der Waals surface area contributed by atoms with Crippen LogP contribution in [-0.2, 0) is 9.59 Å². The summed E-state index contributed by atoms with van der Waals surface area (Å²) in [5, 5.41) is 8.64. The summed E-state index contributed by atoms with van der Waals surface area (Å²) in [6.45, 7) is 2.05. The van der Waals surface area contributed by atoms with Gasteiger partial charge in [-0.2, -0.15) is 0 Å². The van der Waals surface area contributed by atoms with Gasteiger partial charge >= 0.3 is 35.5 Å². The van der Waals surface area contributed by atoms with Crippen LogP contribution in [0.1, 0.15) is 96.8 Å². The fourth-order valence-electron chi connectivity index (χ4n) is 2.83. The van der Waals surface area contributed by atoms with Gasteiger partial charge in [0.15, 0.2) is 0 Å². The van der Waals surface area contributed by atoms with Gasteiger partial charge in [-0.05, 0) is 32.1 Å². The number of likely N-dealkylation sites (N-methyl/N-ethyl adjacent to an activating group) is 1. The van der Waals surface area contributed by atoms with Gasteiger partial charge in [-0.1, -0.05) is 70.4 Å². The zero-order valence-electron chi connectivity index (χ0n) is 16.5. The number of unbranched alkanes of at least 4 members (excludes halogenated alkanes) is 11. The number of hydrogen-bond acceptors (Lipinski definition) is 2. The van der Waals surface area contributed by atoms with E-state index in [0.717, 1.165) is 25.7 Å². The Morgan fingerprint density at radius 3 is 1.77 bits per heavy atom. The summed E-state index contributed by atoms with van der Waals surface area (Å²) < 4.78 is 0. The van der Waals surface area contributed by atoms with Crippen LogP contribution >= 0.6 is 0 Å². The molecule has 0 radical (unpaired) electrons. The van der Waals surface area contributed by atoms with Crippen molar-refractivity contribution in [3.63, 3.8) is 0 Å². The maximum atomic E-state index is 11.7. The average Bonchev–Trinajstić information content (AvgIpc) is 2.57. The van der Waals surface area contributed by atoms with Gasteiger partial charge in [0.1, 0.15) is 6.54 Å². The van der Waals surface area contributed by atoms with E-state index < -0.39 is 5.97 Å². The van der Waals surface area contributed by atoms with Crippen molar-refractivity contribution in [1.29, 1.82) is 0 Å². The van der Waals surface area contributed by atoms with Crippen LogP contribution in [0.4, 0.5) is 0 Å². The average molecular weight is 378 g/mol. The van der Waals surface area contributed by atoms with E-state index in [9.17, 15) is 9.59 Å². The molecule has 0 aliphatic heterocycles. The van der Waals surface area contributed by atoms with Crippen LogP contribution in [0, 0.1) is 0 Å². The molecule has 0 atom stereocenters. The van der Waals surface area contributed by atoms with Gasteiger partial charge < -0.3 is 10.0 Å². The van der Waals surface area contributed by atoms with Crippen LogP contribution in [0.2, 0.25) is 0 Å². The second kappa shape index (κ2) is 21.0. The van der Waals surface area contributed by atoms with Crippen molar-refractivity contribution in [2.24, 2.45) is 0 Å². The molecule has 1 amide bonds. The number of carboxylic acid groups (broad SMARTS) is 1. The first kappa shape index (κ1) is 27.9. The molecule has 0 heterocycles. The summed E-state index contributed by atoms with van der Waals surface area (Å²) in [5.74, 6) is -1.03. The fourth-order valence-corrected chi connectivity index (χ4v) is 2.83. The Balaban J connectivity index is 0. The Bertz CT molecular complexity index is 372. The number of carbonyl (C=O) groups excluding carboxylic acids is 1. The molecule has 0 aromatic carbocycles. The summed E-state index contributed by atoms with van der Waals surface area (Å²) >= 11 is 0. The van der Waals surface area contributed by atoms with Crippen molar-refractivity contribution in [2.75, 3.05) is 13.6 Å². The number of carbonyl (C=O) groups is 2. The Labute approximate surface area is 183 Å². The van der Waals surface area contributed by atoms with Crippen molar-refractivity contribution < 1.29 is 14.7 Å². The molecule has 0 spiro atoms. The molecular weight excluding hydrogens is 337 g/mol. The van der Waals surface area contributed by atoms with Gasteiger partial charge in [0.2, 0.25) is 5.91 Å². The number of hydrogen-bond donors (Lipinski definition) is 1. The molecule has 4 nitrogen and oxygen atoms in total. The molecule has 0 bridgehead atoms. The molecule has 0 aromatic heterocycles. The van der Waals surface area contributed by atoms with Crippen LogP contribution < -0.4 is 0 Å². The number of amides is 1. The van der Waals surface area contributed by atoms with E-state index in [1.807, 2.05) is 0 Å². The molecule has 0 rings (SSSR count). The summed E-state index contributed by atoms with van der Waals surface area (Å²) in [5.41, 5.74) is 0. The Kier molecular flexibility index (Phi) is 22.5. The van der Waals surface area contributed by atoms with Crippen molar-refractivity contribution >= 4 is 41.4 Å². The standard InChI is InChI=1S/C21H39NO3.Na.H/c1-3-4-5-6-7-8-9-10-11-12-13-14-15-16-17-18-20(23)22(2)19-21(24)25;;/h10-11H,3-9,12-19H2,1-2H3,(H,24,25);;. The van der Waals surface area contributed by atoms with Gasteiger partial charge in [0.05, 0.1) is 0 Å². The molecule has 0 aliphatic rings. The molecule has 0 saturated carbocycles. The Morgan fingerprint density at radius 1 is 0.808 bits per heavy atom. The summed E-state index contributed by atoms with van der Waals surface area (Å²) in [4.78, 5) is 23.5. The Morgan fingerprint density at radius 2 is 1.27 bits per heavy atom. The number of aliphatic carboxylic acids is 1. The van der Waals surface area contributed by atoms with Crippen LogP contribution in [0.25, 0.3) is 0 Å². The third-order valence-corrected chi connectivity index (χ3v) is 4.45. The molecule has 26 heavy (non-hydrogen) atoms. The van der Waals surface area contributed by atoms with Crippen molar-refractivity contribution in [2.45, 2.75) is 96.8 Å². The molecule has 0 aliphatic carbocycles. The molecule has 0 aromatic rings. The van der Waals surface area contributed by atoms with E-state index in [0.29, 0.717) is 6.42 Å². The van der Waals surface area contributed by atoms with E-state index in [1.54, 1.807) is 7.05 Å². The summed E-state index contributed by atoms with van der Waals surface area (Å²) in [7, 11) is 1.55. The number of rotatable bonds is 17. The zero-order chi connectivity index (χ0) is 18.8. The number of nitrogens with zero attached hydrogens (tertiary/aromatic N) is 1. The van der Waals surface area contributed by atoms with E-state index >= 15 is 0 Å². The molecule has 148 valence electrons. The first-order valence-corrected chi connectivity index (χ1v) is 10.2. The third-order valence-electron chi connectivity index (χ3n) is 4.45. The van der Waals surface area contributed by atoms with Crippen LogP contribution in [0.3, 0.4) is 0 Å². The van der Waals surface area contributed by atoms with E-state index in [1.165, 1.54) is 62.7 Å². The topological polar surface area (TPSA) is 57.6 Å². The minimum atomic E-state index is -0.958. The third kappa shape index (κ3) is 20.0. The summed E-state index contributed by atoms with van der Waals surface area (Å²) in [6.07, 6.45) is 21.1. The van der Waals surface area contributed by atoms with Crippen molar-refractivity contribution in [3.8, 4) is 0 Å². The predicted molar refractivity (Wildman–Crippen MR) is 112 cm³/mol.